The van der Waals surface area contributed by atoms with E-state index in [9.17, 15) is 19.8 Å². The van der Waals surface area contributed by atoms with Gasteiger partial charge in [0.2, 0.25) is 0 Å². The summed E-state index contributed by atoms with van der Waals surface area (Å²) in [7, 11) is 0. The zero-order valence-electron chi connectivity index (χ0n) is 15.7. The first-order valence-electron chi connectivity index (χ1n) is 8.86. The van der Waals surface area contributed by atoms with Crippen molar-refractivity contribution in [1.29, 1.82) is 0 Å². The molecule has 0 aromatic heterocycles. The van der Waals surface area contributed by atoms with Crippen molar-refractivity contribution in [3.63, 3.8) is 0 Å². The van der Waals surface area contributed by atoms with Gasteiger partial charge in [-0.1, -0.05) is 24.3 Å². The fraction of sp³-hybridized carbons (Fsp3) is 0. The van der Waals surface area contributed by atoms with Crippen LogP contribution in [-0.2, 0) is 0 Å². The van der Waals surface area contributed by atoms with Crippen LogP contribution in [0.2, 0.25) is 0 Å². The van der Waals surface area contributed by atoms with E-state index in [-0.39, 0.29) is 11.5 Å². The number of phenols is 2. The minimum absolute atomic E-state index is 0.102. The highest BCUT2D eigenvalue weighted by Crippen LogP contribution is 2.10. The third kappa shape index (κ3) is 5.77. The van der Waals surface area contributed by atoms with E-state index in [4.69, 9.17) is 0 Å². The van der Waals surface area contributed by atoms with E-state index in [1.165, 1.54) is 61.0 Å². The van der Waals surface area contributed by atoms with Gasteiger partial charge in [0.05, 0.1) is 12.4 Å². The average molecular weight is 402 g/mol. The number of hydrazone groups is 2. The molecule has 3 aromatic rings. The molecule has 0 radical (unpaired) electrons. The molecule has 8 nitrogen and oxygen atoms in total. The van der Waals surface area contributed by atoms with Gasteiger partial charge < -0.3 is 10.2 Å². The zero-order valence-corrected chi connectivity index (χ0v) is 15.7. The zero-order chi connectivity index (χ0) is 21.3. The van der Waals surface area contributed by atoms with Crippen LogP contribution in [0.3, 0.4) is 0 Å². The Morgan fingerprint density at radius 2 is 1.07 bits per heavy atom. The Labute approximate surface area is 172 Å². The van der Waals surface area contributed by atoms with Crippen LogP contribution in [0, 0.1) is 0 Å². The molecule has 0 aliphatic rings. The van der Waals surface area contributed by atoms with E-state index >= 15 is 0 Å². The van der Waals surface area contributed by atoms with Gasteiger partial charge >= 0.3 is 0 Å². The minimum Gasteiger partial charge on any atom is -0.508 e. The molecular weight excluding hydrogens is 384 g/mol. The average Bonchev–Trinajstić information content (AvgIpc) is 2.74. The van der Waals surface area contributed by atoms with Gasteiger partial charge in [-0.3, -0.25) is 9.59 Å². The predicted octanol–water partition coefficient (Wildman–Crippen LogP) is 2.63. The predicted molar refractivity (Wildman–Crippen MR) is 113 cm³/mol. The van der Waals surface area contributed by atoms with Crippen LogP contribution in [0.25, 0.3) is 0 Å². The van der Waals surface area contributed by atoms with Gasteiger partial charge in [-0.15, -0.1) is 0 Å². The maximum atomic E-state index is 12.1. The molecule has 0 atom stereocenters. The van der Waals surface area contributed by atoms with Gasteiger partial charge in [-0.05, 0) is 59.7 Å². The first-order valence-corrected chi connectivity index (χ1v) is 8.86. The molecule has 150 valence electrons. The number of rotatable bonds is 6. The van der Waals surface area contributed by atoms with Crippen LogP contribution in [-0.4, -0.2) is 34.5 Å². The molecule has 30 heavy (non-hydrogen) atoms. The highest BCUT2D eigenvalue weighted by molar-refractivity contribution is 5.98. The third-order valence-corrected chi connectivity index (χ3v) is 3.91. The van der Waals surface area contributed by atoms with Gasteiger partial charge in [-0.25, -0.2) is 10.9 Å². The molecule has 3 aromatic carbocycles. The van der Waals surface area contributed by atoms with E-state index in [0.29, 0.717) is 22.3 Å². The lowest BCUT2D eigenvalue weighted by Crippen LogP contribution is -2.19. The second-order valence-electron chi connectivity index (χ2n) is 6.17. The summed E-state index contributed by atoms with van der Waals surface area (Å²) in [6.07, 6.45) is 2.81. The standard InChI is InChI=1S/C22H18N4O4/c27-19-5-1-3-15(11-19)13-23-25-21(29)17-7-9-18(10-8-17)22(30)26-24-14-16-4-2-6-20(28)12-16/h1-14,27-28H,(H,25,29)(H,26,30)/b23-13+,24-14+. The number of phenolic OH excluding ortho intramolecular Hbond substituents is 2. The van der Waals surface area contributed by atoms with Crippen molar-refractivity contribution < 1.29 is 19.8 Å². The smallest absolute Gasteiger partial charge is 0.271 e. The summed E-state index contributed by atoms with van der Waals surface area (Å²) in [6, 6.07) is 18.8. The fourth-order valence-electron chi connectivity index (χ4n) is 2.44. The number of nitrogens with zero attached hydrogens (tertiary/aromatic N) is 2. The molecule has 2 amide bonds. The summed E-state index contributed by atoms with van der Waals surface area (Å²) in [5.41, 5.74) is 6.66. The highest BCUT2D eigenvalue weighted by Gasteiger charge is 2.08. The number of hydrogen-bond donors (Lipinski definition) is 4. The van der Waals surface area contributed by atoms with Gasteiger partial charge in [-0.2, -0.15) is 10.2 Å². The van der Waals surface area contributed by atoms with Crippen molar-refractivity contribution in [3.8, 4) is 11.5 Å². The largest absolute Gasteiger partial charge is 0.508 e. The summed E-state index contributed by atoms with van der Waals surface area (Å²) >= 11 is 0. The molecule has 8 heteroatoms. The lowest BCUT2D eigenvalue weighted by Gasteiger charge is -2.03. The Kier molecular flexibility index (Phi) is 6.52. The van der Waals surface area contributed by atoms with Crippen molar-refractivity contribution in [2.24, 2.45) is 10.2 Å². The normalized spacial score (nSPS) is 10.9. The van der Waals surface area contributed by atoms with Crippen molar-refractivity contribution in [3.05, 3.63) is 95.1 Å². The topological polar surface area (TPSA) is 123 Å². The molecule has 0 aliphatic carbocycles. The second-order valence-corrected chi connectivity index (χ2v) is 6.17. The van der Waals surface area contributed by atoms with Crippen LogP contribution >= 0.6 is 0 Å². The molecule has 3 rings (SSSR count). The van der Waals surface area contributed by atoms with Gasteiger partial charge in [0.1, 0.15) is 11.5 Å². The summed E-state index contributed by atoms with van der Waals surface area (Å²) in [5.74, 6) is -0.684. The Balaban J connectivity index is 1.54. The summed E-state index contributed by atoms with van der Waals surface area (Å²) < 4.78 is 0. The van der Waals surface area contributed by atoms with E-state index in [1.54, 1.807) is 24.3 Å². The van der Waals surface area contributed by atoms with Gasteiger partial charge in [0.15, 0.2) is 0 Å². The minimum atomic E-state index is -0.444. The Morgan fingerprint density at radius 3 is 1.43 bits per heavy atom. The van der Waals surface area contributed by atoms with Crippen LogP contribution in [0.5, 0.6) is 11.5 Å². The summed E-state index contributed by atoms with van der Waals surface area (Å²) in [5, 5.41) is 26.5. The Hall–Kier alpha value is -4.46. The molecule has 0 bridgehead atoms. The van der Waals surface area contributed by atoms with Gasteiger partial charge in [0.25, 0.3) is 11.8 Å². The molecule has 0 heterocycles. The molecule has 0 saturated heterocycles. The molecule has 0 unspecified atom stereocenters. The molecule has 4 N–H and O–H groups in total. The summed E-state index contributed by atoms with van der Waals surface area (Å²) in [6.45, 7) is 0. The quantitative estimate of drug-likeness (QED) is 0.374. The van der Waals surface area contributed by atoms with E-state index < -0.39 is 11.8 Å². The molecular formula is C22H18N4O4. The number of aromatic hydroxyl groups is 2. The van der Waals surface area contributed by atoms with Crippen LogP contribution < -0.4 is 10.9 Å². The van der Waals surface area contributed by atoms with Crippen molar-refractivity contribution >= 4 is 24.2 Å². The number of carbonyl (C=O) groups excluding carboxylic acids is 2. The highest BCUT2D eigenvalue weighted by atomic mass is 16.3. The third-order valence-electron chi connectivity index (χ3n) is 3.91. The number of nitrogens with one attached hydrogen (secondary N) is 2. The van der Waals surface area contributed by atoms with E-state index in [0.717, 1.165) is 0 Å². The van der Waals surface area contributed by atoms with Crippen LogP contribution in [0.1, 0.15) is 31.8 Å². The maximum Gasteiger partial charge on any atom is 0.271 e. The molecule has 0 aliphatic heterocycles. The monoisotopic (exact) mass is 402 g/mol. The Morgan fingerprint density at radius 1 is 0.667 bits per heavy atom. The molecule has 0 saturated carbocycles. The van der Waals surface area contributed by atoms with Crippen molar-refractivity contribution in [2.75, 3.05) is 0 Å². The Bertz CT molecular complexity index is 1020. The van der Waals surface area contributed by atoms with E-state index in [2.05, 4.69) is 21.1 Å². The summed E-state index contributed by atoms with van der Waals surface area (Å²) in [4.78, 5) is 24.2. The number of carbonyl (C=O) groups is 2. The van der Waals surface area contributed by atoms with E-state index in [1.807, 2.05) is 0 Å². The van der Waals surface area contributed by atoms with Crippen molar-refractivity contribution in [2.45, 2.75) is 0 Å². The lowest BCUT2D eigenvalue weighted by atomic mass is 10.1. The van der Waals surface area contributed by atoms with Gasteiger partial charge in [0, 0.05) is 11.1 Å². The second kappa shape index (κ2) is 9.65. The fourth-order valence-corrected chi connectivity index (χ4v) is 2.44. The van der Waals surface area contributed by atoms with Crippen LogP contribution in [0.4, 0.5) is 0 Å². The SMILES string of the molecule is O=C(N/N=C/c1cccc(O)c1)c1ccc(C(=O)N/N=C/c2cccc(O)c2)cc1. The molecule has 0 spiro atoms. The lowest BCUT2D eigenvalue weighted by molar-refractivity contribution is 0.0943. The first-order chi connectivity index (χ1) is 14.5. The number of hydrogen-bond acceptors (Lipinski definition) is 6. The number of amides is 2. The maximum absolute atomic E-state index is 12.1. The van der Waals surface area contributed by atoms with Crippen molar-refractivity contribution in [1.82, 2.24) is 10.9 Å². The number of benzene rings is 3. The van der Waals surface area contributed by atoms with Crippen LogP contribution in [0.15, 0.2) is 83.0 Å². The molecule has 0 fully saturated rings. The first kappa shape index (κ1) is 20.3.